The number of rotatable bonds is 6. The Labute approximate surface area is 108 Å². The summed E-state index contributed by atoms with van der Waals surface area (Å²) in [5, 5.41) is 11.3. The van der Waals surface area contributed by atoms with Gasteiger partial charge in [0.1, 0.15) is 0 Å². The van der Waals surface area contributed by atoms with Crippen molar-refractivity contribution in [2.75, 3.05) is 25.6 Å². The SMILES string of the molecule is CCc1nn(C)cc1NC(=S)NCCCOC. The average molecular weight is 256 g/mol. The van der Waals surface area contributed by atoms with Gasteiger partial charge < -0.3 is 15.4 Å². The summed E-state index contributed by atoms with van der Waals surface area (Å²) in [6.07, 6.45) is 3.75. The van der Waals surface area contributed by atoms with E-state index >= 15 is 0 Å². The molecular weight excluding hydrogens is 236 g/mol. The fourth-order valence-electron chi connectivity index (χ4n) is 1.48. The smallest absolute Gasteiger partial charge is 0.170 e. The van der Waals surface area contributed by atoms with Crippen LogP contribution in [0.4, 0.5) is 5.69 Å². The number of nitrogens with zero attached hydrogens (tertiary/aromatic N) is 2. The predicted octanol–water partition coefficient (Wildman–Crippen LogP) is 1.31. The summed E-state index contributed by atoms with van der Waals surface area (Å²) in [5.41, 5.74) is 1.99. The van der Waals surface area contributed by atoms with Gasteiger partial charge in [0, 0.05) is 33.5 Å². The van der Waals surface area contributed by atoms with Crippen LogP contribution in [0.1, 0.15) is 19.0 Å². The third kappa shape index (κ3) is 4.70. The second-order valence-electron chi connectivity index (χ2n) is 3.74. The zero-order valence-corrected chi connectivity index (χ0v) is 11.4. The number of thiocarbonyl (C=S) groups is 1. The predicted molar refractivity (Wildman–Crippen MR) is 73.3 cm³/mol. The first-order valence-corrected chi connectivity index (χ1v) is 6.14. The third-order valence-electron chi connectivity index (χ3n) is 2.30. The highest BCUT2D eigenvalue weighted by Crippen LogP contribution is 2.13. The molecule has 0 saturated carbocycles. The van der Waals surface area contributed by atoms with Crippen molar-refractivity contribution in [2.24, 2.45) is 7.05 Å². The van der Waals surface area contributed by atoms with E-state index in [1.165, 1.54) is 0 Å². The first-order chi connectivity index (χ1) is 8.17. The molecule has 5 nitrogen and oxygen atoms in total. The summed E-state index contributed by atoms with van der Waals surface area (Å²) < 4.78 is 6.75. The highest BCUT2D eigenvalue weighted by Gasteiger charge is 2.06. The van der Waals surface area contributed by atoms with Gasteiger partial charge in [0.2, 0.25) is 0 Å². The molecule has 0 atom stereocenters. The third-order valence-corrected chi connectivity index (χ3v) is 2.55. The molecule has 1 rings (SSSR count). The molecule has 0 aliphatic carbocycles. The minimum absolute atomic E-state index is 0.629. The van der Waals surface area contributed by atoms with E-state index in [9.17, 15) is 0 Å². The van der Waals surface area contributed by atoms with Crippen molar-refractivity contribution in [3.05, 3.63) is 11.9 Å². The lowest BCUT2D eigenvalue weighted by atomic mass is 10.3. The number of hydrogen-bond acceptors (Lipinski definition) is 3. The molecule has 0 unspecified atom stereocenters. The monoisotopic (exact) mass is 256 g/mol. The lowest BCUT2D eigenvalue weighted by Gasteiger charge is -2.09. The van der Waals surface area contributed by atoms with Crippen molar-refractivity contribution in [3.8, 4) is 0 Å². The molecule has 1 aromatic heterocycles. The van der Waals surface area contributed by atoms with E-state index in [0.29, 0.717) is 5.11 Å². The fraction of sp³-hybridized carbons (Fsp3) is 0.636. The summed E-state index contributed by atoms with van der Waals surface area (Å²) in [5.74, 6) is 0. The van der Waals surface area contributed by atoms with E-state index in [0.717, 1.165) is 37.4 Å². The molecule has 0 spiro atoms. The number of hydrogen-bond donors (Lipinski definition) is 2. The minimum atomic E-state index is 0.629. The van der Waals surface area contributed by atoms with Crippen LogP contribution in [-0.4, -0.2) is 35.2 Å². The highest BCUT2D eigenvalue weighted by atomic mass is 32.1. The van der Waals surface area contributed by atoms with E-state index in [-0.39, 0.29) is 0 Å². The molecule has 0 aliphatic heterocycles. The van der Waals surface area contributed by atoms with Gasteiger partial charge in [0.05, 0.1) is 11.4 Å². The second kappa shape index (κ2) is 7.24. The maximum Gasteiger partial charge on any atom is 0.170 e. The van der Waals surface area contributed by atoms with Gasteiger partial charge in [0.15, 0.2) is 5.11 Å². The zero-order valence-electron chi connectivity index (χ0n) is 10.6. The van der Waals surface area contributed by atoms with Crippen LogP contribution >= 0.6 is 12.2 Å². The molecular formula is C11H20N4OS. The quantitative estimate of drug-likeness (QED) is 0.593. The van der Waals surface area contributed by atoms with E-state index < -0.39 is 0 Å². The fourth-order valence-corrected chi connectivity index (χ4v) is 1.70. The first-order valence-electron chi connectivity index (χ1n) is 5.73. The Morgan fingerprint density at radius 1 is 1.59 bits per heavy atom. The Bertz CT molecular complexity index is 364. The van der Waals surface area contributed by atoms with Gasteiger partial charge in [0.25, 0.3) is 0 Å². The minimum Gasteiger partial charge on any atom is -0.385 e. The Morgan fingerprint density at radius 3 is 3.00 bits per heavy atom. The summed E-state index contributed by atoms with van der Waals surface area (Å²) in [6.45, 7) is 3.62. The molecule has 96 valence electrons. The molecule has 0 fully saturated rings. The van der Waals surface area contributed by atoms with Crippen LogP contribution in [-0.2, 0) is 18.2 Å². The van der Waals surface area contributed by atoms with Crippen LogP contribution < -0.4 is 10.6 Å². The second-order valence-corrected chi connectivity index (χ2v) is 4.15. The first kappa shape index (κ1) is 13.9. The van der Waals surface area contributed by atoms with Crippen molar-refractivity contribution in [2.45, 2.75) is 19.8 Å². The van der Waals surface area contributed by atoms with Crippen molar-refractivity contribution < 1.29 is 4.74 Å². The van der Waals surface area contributed by atoms with E-state index in [1.807, 2.05) is 13.2 Å². The van der Waals surface area contributed by atoms with Crippen LogP contribution in [0.15, 0.2) is 6.20 Å². The van der Waals surface area contributed by atoms with Gasteiger partial charge >= 0.3 is 0 Å². The zero-order chi connectivity index (χ0) is 12.7. The number of nitrogens with one attached hydrogen (secondary N) is 2. The molecule has 17 heavy (non-hydrogen) atoms. The summed E-state index contributed by atoms with van der Waals surface area (Å²) in [7, 11) is 3.60. The van der Waals surface area contributed by atoms with Crippen molar-refractivity contribution in [3.63, 3.8) is 0 Å². The summed E-state index contributed by atoms with van der Waals surface area (Å²) in [6, 6.07) is 0. The van der Waals surface area contributed by atoms with Crippen LogP contribution in [0.3, 0.4) is 0 Å². The highest BCUT2D eigenvalue weighted by molar-refractivity contribution is 7.80. The number of methoxy groups -OCH3 is 1. The van der Waals surface area contributed by atoms with Gasteiger partial charge in [-0.15, -0.1) is 0 Å². The molecule has 0 aromatic carbocycles. The molecule has 0 bridgehead atoms. The molecule has 1 heterocycles. The maximum absolute atomic E-state index is 5.20. The summed E-state index contributed by atoms with van der Waals surface area (Å²) in [4.78, 5) is 0. The average Bonchev–Trinajstić information content (AvgIpc) is 2.65. The summed E-state index contributed by atoms with van der Waals surface area (Å²) >= 11 is 5.20. The Kier molecular flexibility index (Phi) is 5.93. The van der Waals surface area contributed by atoms with Crippen molar-refractivity contribution >= 4 is 23.0 Å². The molecule has 1 aromatic rings. The molecule has 0 amide bonds. The topological polar surface area (TPSA) is 51.1 Å². The molecule has 0 aliphatic rings. The largest absolute Gasteiger partial charge is 0.385 e. The Balaban J connectivity index is 2.39. The molecule has 0 radical (unpaired) electrons. The van der Waals surface area contributed by atoms with Crippen LogP contribution in [0.25, 0.3) is 0 Å². The Morgan fingerprint density at radius 2 is 2.35 bits per heavy atom. The normalized spacial score (nSPS) is 10.3. The van der Waals surface area contributed by atoms with Gasteiger partial charge in [-0.3, -0.25) is 4.68 Å². The molecule has 6 heteroatoms. The van der Waals surface area contributed by atoms with Crippen LogP contribution in [0, 0.1) is 0 Å². The van der Waals surface area contributed by atoms with Crippen LogP contribution in [0.5, 0.6) is 0 Å². The van der Waals surface area contributed by atoms with Gasteiger partial charge in [-0.05, 0) is 25.1 Å². The van der Waals surface area contributed by atoms with E-state index in [1.54, 1.807) is 11.8 Å². The maximum atomic E-state index is 5.20. The van der Waals surface area contributed by atoms with Crippen LogP contribution in [0.2, 0.25) is 0 Å². The standard InChI is InChI=1S/C11H20N4OS/c1-4-9-10(8-15(2)14-9)13-11(17)12-6-5-7-16-3/h8H,4-7H2,1-3H3,(H2,12,13,17). The number of aryl methyl sites for hydroxylation is 2. The lowest BCUT2D eigenvalue weighted by molar-refractivity contribution is 0.196. The van der Waals surface area contributed by atoms with Gasteiger partial charge in [-0.25, -0.2) is 0 Å². The number of ether oxygens (including phenoxy) is 1. The van der Waals surface area contributed by atoms with Crippen molar-refractivity contribution in [1.82, 2.24) is 15.1 Å². The van der Waals surface area contributed by atoms with Crippen molar-refractivity contribution in [1.29, 1.82) is 0 Å². The van der Waals surface area contributed by atoms with E-state index in [2.05, 4.69) is 22.7 Å². The van der Waals surface area contributed by atoms with Gasteiger partial charge in [-0.2, -0.15) is 5.10 Å². The Hall–Kier alpha value is -1.14. The lowest BCUT2D eigenvalue weighted by Crippen LogP contribution is -2.29. The molecule has 0 saturated heterocycles. The number of aromatic nitrogens is 2. The van der Waals surface area contributed by atoms with Gasteiger partial charge in [-0.1, -0.05) is 6.92 Å². The van der Waals surface area contributed by atoms with E-state index in [4.69, 9.17) is 17.0 Å². The molecule has 2 N–H and O–H groups in total. The number of anilines is 1.